The molecule has 0 spiro atoms. The summed E-state index contributed by atoms with van der Waals surface area (Å²) in [5, 5.41) is 13.9. The third-order valence-electron chi connectivity index (χ3n) is 2.65. The summed E-state index contributed by atoms with van der Waals surface area (Å²) in [5.41, 5.74) is 1.19. The number of hydrogen-bond acceptors (Lipinski definition) is 7. The van der Waals surface area contributed by atoms with Crippen LogP contribution in [0.5, 0.6) is 0 Å². The predicted molar refractivity (Wildman–Crippen MR) is 79.7 cm³/mol. The van der Waals surface area contributed by atoms with Crippen LogP contribution < -0.4 is 10.6 Å². The van der Waals surface area contributed by atoms with E-state index in [9.17, 15) is 4.79 Å². The van der Waals surface area contributed by atoms with Gasteiger partial charge < -0.3 is 15.4 Å². The van der Waals surface area contributed by atoms with E-state index in [0.717, 1.165) is 18.7 Å². The molecule has 2 aromatic rings. The SMILES string of the molecule is CCCNc1nncc(Nc2cccc(C(=O)OC)c2)n1. The molecule has 0 aliphatic rings. The number of rotatable bonds is 6. The largest absolute Gasteiger partial charge is 0.465 e. The van der Waals surface area contributed by atoms with E-state index in [4.69, 9.17) is 4.74 Å². The highest BCUT2D eigenvalue weighted by atomic mass is 16.5. The maximum Gasteiger partial charge on any atom is 0.337 e. The number of esters is 1. The minimum absolute atomic E-state index is 0.384. The van der Waals surface area contributed by atoms with E-state index < -0.39 is 0 Å². The number of benzene rings is 1. The molecule has 1 aromatic heterocycles. The lowest BCUT2D eigenvalue weighted by atomic mass is 10.2. The average molecular weight is 287 g/mol. The Balaban J connectivity index is 2.12. The van der Waals surface area contributed by atoms with Crippen LogP contribution in [0, 0.1) is 0 Å². The van der Waals surface area contributed by atoms with Crippen LogP contribution in [0.15, 0.2) is 30.5 Å². The summed E-state index contributed by atoms with van der Waals surface area (Å²) in [6.07, 6.45) is 2.49. The van der Waals surface area contributed by atoms with E-state index in [0.29, 0.717) is 17.3 Å². The maximum absolute atomic E-state index is 11.5. The lowest BCUT2D eigenvalue weighted by Crippen LogP contribution is -2.07. The fourth-order valence-electron chi connectivity index (χ4n) is 1.67. The van der Waals surface area contributed by atoms with Gasteiger partial charge in [0, 0.05) is 12.2 Å². The van der Waals surface area contributed by atoms with Gasteiger partial charge in [-0.25, -0.2) is 4.79 Å². The second kappa shape index (κ2) is 7.18. The van der Waals surface area contributed by atoms with E-state index in [1.165, 1.54) is 13.3 Å². The molecule has 0 amide bonds. The minimum atomic E-state index is -0.384. The molecule has 0 atom stereocenters. The van der Waals surface area contributed by atoms with Crippen molar-refractivity contribution in [3.63, 3.8) is 0 Å². The molecule has 1 heterocycles. The quantitative estimate of drug-likeness (QED) is 0.787. The van der Waals surface area contributed by atoms with Crippen LogP contribution in [0.4, 0.5) is 17.5 Å². The zero-order valence-electron chi connectivity index (χ0n) is 12.0. The fourth-order valence-corrected chi connectivity index (χ4v) is 1.67. The highest BCUT2D eigenvalue weighted by molar-refractivity contribution is 5.90. The van der Waals surface area contributed by atoms with Gasteiger partial charge in [0.25, 0.3) is 0 Å². The van der Waals surface area contributed by atoms with E-state index in [-0.39, 0.29) is 5.97 Å². The molecular weight excluding hydrogens is 270 g/mol. The Morgan fingerprint density at radius 3 is 3.00 bits per heavy atom. The zero-order valence-corrected chi connectivity index (χ0v) is 12.0. The van der Waals surface area contributed by atoms with Gasteiger partial charge in [-0.3, -0.25) is 0 Å². The molecule has 0 radical (unpaired) electrons. The molecule has 2 N–H and O–H groups in total. The van der Waals surface area contributed by atoms with Crippen molar-refractivity contribution in [3.05, 3.63) is 36.0 Å². The number of ether oxygens (including phenoxy) is 1. The van der Waals surface area contributed by atoms with Crippen molar-refractivity contribution in [2.45, 2.75) is 13.3 Å². The smallest absolute Gasteiger partial charge is 0.337 e. The first-order valence-electron chi connectivity index (χ1n) is 6.62. The molecule has 0 aliphatic carbocycles. The Kier molecular flexibility index (Phi) is 5.03. The van der Waals surface area contributed by atoms with Crippen molar-refractivity contribution in [2.75, 3.05) is 24.3 Å². The Bertz CT molecular complexity index is 618. The Morgan fingerprint density at radius 1 is 1.38 bits per heavy atom. The van der Waals surface area contributed by atoms with E-state index in [2.05, 4.69) is 32.7 Å². The predicted octanol–water partition coefficient (Wildman–Crippen LogP) is 2.22. The number of methoxy groups -OCH3 is 1. The number of hydrogen-bond donors (Lipinski definition) is 2. The van der Waals surface area contributed by atoms with Gasteiger partial charge in [-0.2, -0.15) is 10.1 Å². The molecule has 21 heavy (non-hydrogen) atoms. The van der Waals surface area contributed by atoms with E-state index in [1.54, 1.807) is 18.2 Å². The average Bonchev–Trinajstić information content (AvgIpc) is 2.53. The third-order valence-corrected chi connectivity index (χ3v) is 2.65. The van der Waals surface area contributed by atoms with Gasteiger partial charge in [0.2, 0.25) is 5.95 Å². The topological polar surface area (TPSA) is 89.0 Å². The zero-order chi connectivity index (χ0) is 15.1. The van der Waals surface area contributed by atoms with Crippen molar-refractivity contribution in [1.82, 2.24) is 15.2 Å². The van der Waals surface area contributed by atoms with Crippen LogP contribution in [-0.4, -0.2) is 34.8 Å². The molecule has 0 unspecified atom stereocenters. The van der Waals surface area contributed by atoms with Gasteiger partial charge in [-0.05, 0) is 24.6 Å². The van der Waals surface area contributed by atoms with Crippen molar-refractivity contribution in [1.29, 1.82) is 0 Å². The van der Waals surface area contributed by atoms with Crippen LogP contribution in [-0.2, 0) is 4.74 Å². The Labute approximate surface area is 122 Å². The van der Waals surface area contributed by atoms with Gasteiger partial charge in [-0.15, -0.1) is 5.10 Å². The molecule has 0 saturated carbocycles. The number of aromatic nitrogens is 3. The third kappa shape index (κ3) is 4.13. The van der Waals surface area contributed by atoms with Crippen LogP contribution in [0.2, 0.25) is 0 Å². The summed E-state index contributed by atoms with van der Waals surface area (Å²) < 4.78 is 4.69. The van der Waals surface area contributed by atoms with Gasteiger partial charge >= 0.3 is 5.97 Å². The molecule has 7 nitrogen and oxygen atoms in total. The highest BCUT2D eigenvalue weighted by Crippen LogP contribution is 2.16. The molecule has 0 fully saturated rings. The molecule has 7 heteroatoms. The number of nitrogens with one attached hydrogen (secondary N) is 2. The molecule has 0 saturated heterocycles. The number of anilines is 3. The monoisotopic (exact) mass is 287 g/mol. The van der Waals surface area contributed by atoms with Crippen LogP contribution in [0.3, 0.4) is 0 Å². The lowest BCUT2D eigenvalue weighted by Gasteiger charge is -2.08. The summed E-state index contributed by atoms with van der Waals surface area (Å²) in [5.74, 6) is 0.626. The van der Waals surface area contributed by atoms with Gasteiger partial charge in [-0.1, -0.05) is 13.0 Å². The summed E-state index contributed by atoms with van der Waals surface area (Å²) in [6, 6.07) is 6.96. The van der Waals surface area contributed by atoms with Gasteiger partial charge in [0.05, 0.1) is 18.9 Å². The number of nitrogens with zero attached hydrogens (tertiary/aromatic N) is 3. The highest BCUT2D eigenvalue weighted by Gasteiger charge is 2.06. The van der Waals surface area contributed by atoms with Crippen molar-refractivity contribution in [3.8, 4) is 0 Å². The first-order chi connectivity index (χ1) is 10.2. The van der Waals surface area contributed by atoms with Gasteiger partial charge in [0.1, 0.15) is 0 Å². The Morgan fingerprint density at radius 2 is 2.24 bits per heavy atom. The molecule has 2 rings (SSSR count). The first-order valence-corrected chi connectivity index (χ1v) is 6.62. The van der Waals surface area contributed by atoms with Gasteiger partial charge in [0.15, 0.2) is 5.82 Å². The van der Waals surface area contributed by atoms with Crippen LogP contribution in [0.1, 0.15) is 23.7 Å². The van der Waals surface area contributed by atoms with Crippen LogP contribution >= 0.6 is 0 Å². The van der Waals surface area contributed by atoms with Crippen molar-refractivity contribution >= 4 is 23.4 Å². The molecule has 0 bridgehead atoms. The molecule has 1 aromatic carbocycles. The minimum Gasteiger partial charge on any atom is -0.465 e. The summed E-state index contributed by atoms with van der Waals surface area (Å²) in [4.78, 5) is 15.8. The lowest BCUT2D eigenvalue weighted by molar-refractivity contribution is 0.0601. The summed E-state index contributed by atoms with van der Waals surface area (Å²) in [7, 11) is 1.35. The molecule has 0 aliphatic heterocycles. The van der Waals surface area contributed by atoms with Crippen molar-refractivity contribution in [2.24, 2.45) is 0 Å². The number of carbonyl (C=O) groups is 1. The fraction of sp³-hybridized carbons (Fsp3) is 0.286. The Hall–Kier alpha value is -2.70. The first kappa shape index (κ1) is 14.7. The van der Waals surface area contributed by atoms with Crippen molar-refractivity contribution < 1.29 is 9.53 Å². The van der Waals surface area contributed by atoms with E-state index >= 15 is 0 Å². The summed E-state index contributed by atoms with van der Waals surface area (Å²) in [6.45, 7) is 2.84. The van der Waals surface area contributed by atoms with E-state index in [1.807, 2.05) is 6.07 Å². The van der Waals surface area contributed by atoms with Crippen LogP contribution in [0.25, 0.3) is 0 Å². The normalized spacial score (nSPS) is 10.0. The second-order valence-electron chi connectivity index (χ2n) is 4.29. The number of carbonyl (C=O) groups excluding carboxylic acids is 1. The second-order valence-corrected chi connectivity index (χ2v) is 4.29. The summed E-state index contributed by atoms with van der Waals surface area (Å²) >= 11 is 0. The molecular formula is C14H17N5O2. The molecule has 110 valence electrons. The standard InChI is InChI=1S/C14H17N5O2/c1-3-7-15-14-18-12(9-16-19-14)17-11-6-4-5-10(8-11)13(20)21-2/h4-6,8-9H,3,7H2,1-2H3,(H2,15,17,18,19). The maximum atomic E-state index is 11.5.